The van der Waals surface area contributed by atoms with Crippen LogP contribution in [0, 0.1) is 0 Å². The number of benzene rings is 1. The number of halogens is 6. The van der Waals surface area contributed by atoms with E-state index in [2.05, 4.69) is 0 Å². The van der Waals surface area contributed by atoms with Crippen molar-refractivity contribution in [2.24, 2.45) is 0 Å². The average Bonchev–Trinajstić information content (AvgIpc) is 2.12. The topological polar surface area (TPSA) is 0 Å². The summed E-state index contributed by atoms with van der Waals surface area (Å²) in [4.78, 5) is 0. The molecule has 1 rings (SSSR count). The summed E-state index contributed by atoms with van der Waals surface area (Å²) in [6, 6.07) is 6.54. The van der Waals surface area contributed by atoms with Crippen LogP contribution in [0.4, 0.5) is 26.3 Å². The number of hydrogen-bond acceptors (Lipinski definition) is 0. The van der Waals surface area contributed by atoms with Crippen LogP contribution in [-0.2, 0) is 16.8 Å². The van der Waals surface area contributed by atoms with Gasteiger partial charge in [-0.05, 0) is 11.6 Å². The maximum atomic E-state index is 12.1. The first kappa shape index (κ1) is 16.0. The van der Waals surface area contributed by atoms with Gasteiger partial charge in [-0.1, -0.05) is 30.3 Å². The molecule has 0 fully saturated rings. The normalized spacial score (nSPS) is 11.6. The molecule has 1 radical (unpaired) electrons. The van der Waals surface area contributed by atoms with E-state index >= 15 is 0 Å². The van der Waals surface area contributed by atoms with Crippen LogP contribution < -0.4 is 0 Å². The second-order valence-corrected chi connectivity index (χ2v) is 2.96. The molecule has 0 N–H and O–H groups in total. The Hall–Kier alpha value is -0.954. The van der Waals surface area contributed by atoms with Crippen LogP contribution in [0.1, 0.15) is 5.56 Å². The molecule has 97 valence electrons. The standard InChI is InChI=1S/C10H6F6.Co/c11-9(12,13)8(10(14,15)16)6-7-4-2-1-3-5-7;/h1-6H;. The third-order valence-corrected chi connectivity index (χ3v) is 1.72. The molecule has 0 unspecified atom stereocenters. The van der Waals surface area contributed by atoms with E-state index in [1.807, 2.05) is 0 Å². The van der Waals surface area contributed by atoms with E-state index < -0.39 is 17.9 Å². The van der Waals surface area contributed by atoms with Crippen molar-refractivity contribution in [3.05, 3.63) is 41.5 Å². The second kappa shape index (κ2) is 5.59. The molecule has 0 saturated carbocycles. The molecule has 1 aromatic rings. The first-order chi connectivity index (χ1) is 7.21. The molecule has 0 nitrogen and oxygen atoms in total. The van der Waals surface area contributed by atoms with E-state index in [4.69, 9.17) is 0 Å². The quantitative estimate of drug-likeness (QED) is 0.682. The van der Waals surface area contributed by atoms with Gasteiger partial charge in [-0.3, -0.25) is 0 Å². The molecule has 0 atom stereocenters. The van der Waals surface area contributed by atoms with Crippen molar-refractivity contribution < 1.29 is 43.1 Å². The monoisotopic (exact) mass is 299 g/mol. The van der Waals surface area contributed by atoms with E-state index in [9.17, 15) is 26.3 Å². The Labute approximate surface area is 104 Å². The maximum Gasteiger partial charge on any atom is 0.421 e. The van der Waals surface area contributed by atoms with Gasteiger partial charge < -0.3 is 0 Å². The number of allylic oxidation sites excluding steroid dienone is 1. The number of alkyl halides is 6. The molecule has 17 heavy (non-hydrogen) atoms. The molecular formula is C10H6CoF6. The Balaban J connectivity index is 0.00000256. The number of rotatable bonds is 1. The second-order valence-electron chi connectivity index (χ2n) is 2.96. The molecule has 0 spiro atoms. The van der Waals surface area contributed by atoms with E-state index in [0.29, 0.717) is 0 Å². The largest absolute Gasteiger partial charge is 0.421 e. The van der Waals surface area contributed by atoms with Crippen LogP contribution >= 0.6 is 0 Å². The Morgan fingerprint density at radius 1 is 0.824 bits per heavy atom. The van der Waals surface area contributed by atoms with E-state index in [0.717, 1.165) is 12.1 Å². The Morgan fingerprint density at radius 2 is 1.24 bits per heavy atom. The van der Waals surface area contributed by atoms with Gasteiger partial charge in [-0.25, -0.2) is 0 Å². The molecule has 0 amide bonds. The van der Waals surface area contributed by atoms with Gasteiger partial charge in [-0.15, -0.1) is 0 Å². The van der Waals surface area contributed by atoms with Gasteiger partial charge in [0.25, 0.3) is 0 Å². The summed E-state index contributed by atoms with van der Waals surface area (Å²) < 4.78 is 72.7. The Kier molecular flexibility index (Phi) is 5.28. The summed E-state index contributed by atoms with van der Waals surface area (Å²) in [5.41, 5.74) is -2.65. The summed E-state index contributed by atoms with van der Waals surface area (Å²) in [5.74, 6) is 0. The SMILES string of the molecule is FC(F)(F)C(=Cc1ccccc1)C(F)(F)F.[Co]. The van der Waals surface area contributed by atoms with Crippen molar-refractivity contribution in [1.82, 2.24) is 0 Å². The minimum Gasteiger partial charge on any atom is -0.166 e. The van der Waals surface area contributed by atoms with Crippen LogP contribution in [0.5, 0.6) is 0 Å². The van der Waals surface area contributed by atoms with Gasteiger partial charge in [0.05, 0.1) is 0 Å². The van der Waals surface area contributed by atoms with E-state index in [1.54, 1.807) is 0 Å². The predicted molar refractivity (Wildman–Crippen MR) is 46.5 cm³/mol. The molecule has 0 saturated heterocycles. The maximum absolute atomic E-state index is 12.1. The van der Waals surface area contributed by atoms with Gasteiger partial charge >= 0.3 is 12.4 Å². The third kappa shape index (κ3) is 4.82. The minimum atomic E-state index is -5.41. The summed E-state index contributed by atoms with van der Waals surface area (Å²) >= 11 is 0. The zero-order chi connectivity index (χ0) is 12.4. The van der Waals surface area contributed by atoms with Crippen molar-refractivity contribution in [2.45, 2.75) is 12.4 Å². The fraction of sp³-hybridized carbons (Fsp3) is 0.200. The van der Waals surface area contributed by atoms with Crippen LogP contribution in [0.2, 0.25) is 0 Å². The van der Waals surface area contributed by atoms with E-state index in [-0.39, 0.29) is 28.4 Å². The van der Waals surface area contributed by atoms with Crippen LogP contribution in [0.25, 0.3) is 6.08 Å². The van der Waals surface area contributed by atoms with Crippen molar-refractivity contribution >= 4 is 6.08 Å². The molecule has 0 heterocycles. The van der Waals surface area contributed by atoms with Gasteiger partial charge in [0, 0.05) is 16.8 Å². The van der Waals surface area contributed by atoms with Crippen molar-refractivity contribution in [2.75, 3.05) is 0 Å². The van der Waals surface area contributed by atoms with Crippen molar-refractivity contribution in [1.29, 1.82) is 0 Å². The van der Waals surface area contributed by atoms with Gasteiger partial charge in [0.15, 0.2) is 0 Å². The summed E-state index contributed by atoms with van der Waals surface area (Å²) in [7, 11) is 0. The van der Waals surface area contributed by atoms with Gasteiger partial charge in [0.1, 0.15) is 5.57 Å². The average molecular weight is 299 g/mol. The van der Waals surface area contributed by atoms with Crippen LogP contribution in [0.3, 0.4) is 0 Å². The molecule has 0 aliphatic heterocycles. The van der Waals surface area contributed by atoms with Crippen molar-refractivity contribution in [3.8, 4) is 0 Å². The summed E-state index contributed by atoms with van der Waals surface area (Å²) in [6.45, 7) is 0. The third-order valence-electron chi connectivity index (χ3n) is 1.72. The van der Waals surface area contributed by atoms with Crippen molar-refractivity contribution in [3.63, 3.8) is 0 Å². The summed E-state index contributed by atoms with van der Waals surface area (Å²) in [6.07, 6.45) is -10.7. The first-order valence-corrected chi connectivity index (χ1v) is 4.12. The van der Waals surface area contributed by atoms with Crippen LogP contribution in [-0.4, -0.2) is 12.4 Å². The van der Waals surface area contributed by atoms with E-state index in [1.165, 1.54) is 18.2 Å². The molecule has 7 heteroatoms. The molecule has 0 aromatic heterocycles. The van der Waals surface area contributed by atoms with Gasteiger partial charge in [0.2, 0.25) is 0 Å². The zero-order valence-electron chi connectivity index (χ0n) is 8.07. The predicted octanol–water partition coefficient (Wildman–Crippen LogP) is 4.19. The smallest absolute Gasteiger partial charge is 0.166 e. The molecule has 0 bridgehead atoms. The Morgan fingerprint density at radius 3 is 1.59 bits per heavy atom. The first-order valence-electron chi connectivity index (χ1n) is 4.12. The minimum absolute atomic E-state index is 0. The molecule has 0 aliphatic carbocycles. The number of hydrogen-bond donors (Lipinski definition) is 0. The fourth-order valence-electron chi connectivity index (χ4n) is 1.04. The van der Waals surface area contributed by atoms with Crippen LogP contribution in [0.15, 0.2) is 35.9 Å². The zero-order valence-corrected chi connectivity index (χ0v) is 9.11. The summed E-state index contributed by atoms with van der Waals surface area (Å²) in [5, 5.41) is 0. The molecule has 1 aromatic carbocycles. The molecule has 0 aliphatic rings. The fourth-order valence-corrected chi connectivity index (χ4v) is 1.04. The Bertz CT molecular complexity index is 360. The molecular weight excluding hydrogens is 293 g/mol. The van der Waals surface area contributed by atoms with Gasteiger partial charge in [-0.2, -0.15) is 26.3 Å².